The van der Waals surface area contributed by atoms with Gasteiger partial charge < -0.3 is 30.7 Å². The predicted octanol–water partition coefficient (Wildman–Crippen LogP) is 11.2. The highest BCUT2D eigenvalue weighted by atomic mass is 35.5. The molecule has 0 bridgehead atoms. The maximum atomic E-state index is 13.7. The van der Waals surface area contributed by atoms with Gasteiger partial charge >= 0.3 is 0 Å². The number of alkyl halides is 2. The van der Waals surface area contributed by atoms with E-state index < -0.39 is 47.3 Å². The molecule has 0 heterocycles. The Morgan fingerprint density at radius 3 is 1.22 bits per heavy atom. The van der Waals surface area contributed by atoms with Crippen molar-refractivity contribution in [1.82, 2.24) is 0 Å². The Morgan fingerprint density at radius 1 is 0.529 bits per heavy atom. The molecule has 5 rings (SSSR count). The summed E-state index contributed by atoms with van der Waals surface area (Å²) in [7, 11) is 0. The van der Waals surface area contributed by atoms with E-state index in [0.29, 0.717) is 36.0 Å². The standard InChI is InChI=1S/C48H46Cl4N8O8/c1-5-67-41-25-40(56-48(66)44(28(4)62)60-58-38-24-32(12-18-36(38)52)46(64)54-34-15-9-30(10-16-34)20-22-50)42(68-6-2)26-39(41)55-47(65)43(27(3)61)59-57-37-23-31(11-17-35(37)51)45(63)53-33-13-7-29(8-14-33)19-21-49/h7-18,23-26,43-44H,5-6,19-22H2,1-4H3,(H,53,63)(H,54,64)(H,55,65)(H,56,66). The Labute approximate surface area is 412 Å². The molecule has 0 aromatic heterocycles. The molecule has 0 aliphatic carbocycles. The van der Waals surface area contributed by atoms with Crippen LogP contribution in [0.25, 0.3) is 0 Å². The molecule has 0 saturated carbocycles. The molecular formula is C48H46Cl4N8O8. The van der Waals surface area contributed by atoms with E-state index in [1.54, 1.807) is 38.1 Å². The molecule has 0 aliphatic heterocycles. The first-order valence-electron chi connectivity index (χ1n) is 21.0. The number of rotatable bonds is 22. The number of ketones is 2. The van der Waals surface area contributed by atoms with Crippen LogP contribution in [0.1, 0.15) is 59.5 Å². The van der Waals surface area contributed by atoms with E-state index in [1.807, 2.05) is 24.3 Å². The molecule has 4 N–H and O–H groups in total. The van der Waals surface area contributed by atoms with Crippen LogP contribution in [0.4, 0.5) is 34.1 Å². The largest absolute Gasteiger partial charge is 0.492 e. The number of nitrogens with zero attached hydrogens (tertiary/aromatic N) is 4. The van der Waals surface area contributed by atoms with Gasteiger partial charge in [0.1, 0.15) is 22.9 Å². The Hall–Kier alpha value is -6.72. The molecule has 16 nitrogen and oxygen atoms in total. The van der Waals surface area contributed by atoms with Gasteiger partial charge in [0.25, 0.3) is 23.6 Å². The van der Waals surface area contributed by atoms with Crippen molar-refractivity contribution < 1.29 is 38.2 Å². The molecule has 20 heteroatoms. The minimum absolute atomic E-state index is 0.0216. The average Bonchev–Trinajstić information content (AvgIpc) is 3.30. The predicted molar refractivity (Wildman–Crippen MR) is 265 cm³/mol. The second kappa shape index (κ2) is 25.4. The van der Waals surface area contributed by atoms with Gasteiger partial charge in [-0.15, -0.1) is 23.2 Å². The number of anilines is 4. The average molecular weight is 1000 g/mol. The zero-order valence-electron chi connectivity index (χ0n) is 37.2. The number of halogens is 4. The quantitative estimate of drug-likeness (QED) is 0.0296. The number of hydrogen-bond donors (Lipinski definition) is 4. The van der Waals surface area contributed by atoms with Gasteiger partial charge in [-0.25, -0.2) is 0 Å². The SMILES string of the molecule is CCOc1cc(NC(=O)C(N=Nc2cc(C(=O)Nc3ccc(CCCl)cc3)ccc2Cl)C(C)=O)c(OCC)cc1NC(=O)C(N=Nc1cc(C(=O)Nc2ccc(CCCl)cc2)ccc1Cl)C(C)=O. The minimum atomic E-state index is -1.68. The van der Waals surface area contributed by atoms with Crippen LogP contribution in [0.2, 0.25) is 10.0 Å². The van der Waals surface area contributed by atoms with Crippen molar-refractivity contribution in [2.24, 2.45) is 20.5 Å². The lowest BCUT2D eigenvalue weighted by molar-refractivity contribution is -0.127. The smallest absolute Gasteiger partial charge is 0.258 e. The number of azo groups is 2. The third kappa shape index (κ3) is 14.6. The van der Waals surface area contributed by atoms with Crippen molar-refractivity contribution in [3.63, 3.8) is 0 Å². The fraction of sp³-hybridized carbons (Fsp3) is 0.250. The molecule has 354 valence electrons. The molecule has 0 aliphatic rings. The van der Waals surface area contributed by atoms with Crippen LogP contribution in [0, 0.1) is 0 Å². The van der Waals surface area contributed by atoms with Crippen molar-refractivity contribution in [1.29, 1.82) is 0 Å². The number of aryl methyl sites for hydroxylation is 2. The Morgan fingerprint density at radius 2 is 0.897 bits per heavy atom. The number of hydrogen-bond acceptors (Lipinski definition) is 12. The number of benzene rings is 5. The van der Waals surface area contributed by atoms with Gasteiger partial charge in [0.2, 0.25) is 12.1 Å². The maximum absolute atomic E-state index is 13.7. The summed E-state index contributed by atoms with van der Waals surface area (Å²) < 4.78 is 11.6. The number of nitrogens with one attached hydrogen (secondary N) is 4. The molecule has 0 radical (unpaired) electrons. The molecular weight excluding hydrogens is 958 g/mol. The monoisotopic (exact) mass is 1000 g/mol. The zero-order chi connectivity index (χ0) is 49.3. The van der Waals surface area contributed by atoms with Gasteiger partial charge in [-0.05, 0) is 112 Å². The third-order valence-corrected chi connectivity index (χ3v) is 10.6. The van der Waals surface area contributed by atoms with E-state index in [1.165, 1.54) is 48.5 Å². The van der Waals surface area contributed by atoms with Gasteiger partial charge in [-0.2, -0.15) is 20.5 Å². The Balaban J connectivity index is 1.32. The first-order valence-corrected chi connectivity index (χ1v) is 22.9. The molecule has 4 amide bonds. The van der Waals surface area contributed by atoms with Crippen molar-refractivity contribution in [2.45, 2.75) is 52.6 Å². The van der Waals surface area contributed by atoms with Crippen LogP contribution in [-0.2, 0) is 32.0 Å². The first kappa shape index (κ1) is 52.3. The van der Waals surface area contributed by atoms with Gasteiger partial charge in [-0.3, -0.25) is 28.8 Å². The van der Waals surface area contributed by atoms with Crippen molar-refractivity contribution in [2.75, 3.05) is 46.2 Å². The van der Waals surface area contributed by atoms with Crippen LogP contribution < -0.4 is 30.7 Å². The highest BCUT2D eigenvalue weighted by Gasteiger charge is 2.28. The summed E-state index contributed by atoms with van der Waals surface area (Å²) >= 11 is 24.4. The van der Waals surface area contributed by atoms with E-state index in [-0.39, 0.29) is 68.6 Å². The summed E-state index contributed by atoms with van der Waals surface area (Å²) in [5.41, 5.74) is 3.61. The zero-order valence-corrected chi connectivity index (χ0v) is 40.2. The summed E-state index contributed by atoms with van der Waals surface area (Å²) in [6.45, 7) is 5.86. The van der Waals surface area contributed by atoms with Crippen molar-refractivity contribution >= 4 is 116 Å². The fourth-order valence-electron chi connectivity index (χ4n) is 6.18. The normalized spacial score (nSPS) is 12.0. The van der Waals surface area contributed by atoms with Gasteiger partial charge in [0.05, 0.1) is 34.6 Å². The van der Waals surface area contributed by atoms with Crippen LogP contribution >= 0.6 is 46.4 Å². The summed E-state index contributed by atoms with van der Waals surface area (Å²) in [5.74, 6) is -3.07. The maximum Gasteiger partial charge on any atom is 0.258 e. The lowest BCUT2D eigenvalue weighted by Crippen LogP contribution is -2.32. The van der Waals surface area contributed by atoms with Crippen LogP contribution in [-0.4, -0.2) is 72.3 Å². The molecule has 2 unspecified atom stereocenters. The van der Waals surface area contributed by atoms with Gasteiger partial charge in [0.15, 0.2) is 11.6 Å². The van der Waals surface area contributed by atoms with Gasteiger partial charge in [0, 0.05) is 46.4 Å². The third-order valence-electron chi connectivity index (χ3n) is 9.63. The molecule has 68 heavy (non-hydrogen) atoms. The summed E-state index contributed by atoms with van der Waals surface area (Å²) in [6, 6.07) is 22.3. The lowest BCUT2D eigenvalue weighted by Gasteiger charge is -2.19. The number of Topliss-reactive ketones (excluding diaryl/α,β-unsaturated/α-hetero) is 2. The second-order valence-corrected chi connectivity index (χ2v) is 16.2. The van der Waals surface area contributed by atoms with E-state index in [9.17, 15) is 28.8 Å². The van der Waals surface area contributed by atoms with E-state index >= 15 is 0 Å². The molecule has 5 aromatic rings. The van der Waals surface area contributed by atoms with E-state index in [2.05, 4.69) is 41.7 Å². The number of carbonyl (C=O) groups is 6. The van der Waals surface area contributed by atoms with Crippen LogP contribution in [0.15, 0.2) is 118 Å². The number of ether oxygens (including phenoxy) is 2. The van der Waals surface area contributed by atoms with E-state index in [0.717, 1.165) is 25.0 Å². The molecule has 0 saturated heterocycles. The van der Waals surface area contributed by atoms with Crippen LogP contribution in [0.5, 0.6) is 11.5 Å². The molecule has 0 spiro atoms. The number of carbonyl (C=O) groups excluding carboxylic acids is 6. The fourth-order valence-corrected chi connectivity index (χ4v) is 6.93. The summed E-state index contributed by atoms with van der Waals surface area (Å²) in [5, 5.41) is 27.2. The van der Waals surface area contributed by atoms with E-state index in [4.69, 9.17) is 55.9 Å². The Bertz CT molecular complexity index is 2530. The highest BCUT2D eigenvalue weighted by Crippen LogP contribution is 2.38. The lowest BCUT2D eigenvalue weighted by atomic mass is 10.1. The highest BCUT2D eigenvalue weighted by molar-refractivity contribution is 6.33. The second-order valence-electron chi connectivity index (χ2n) is 14.7. The number of amides is 4. The summed E-state index contributed by atoms with van der Waals surface area (Å²) in [6.07, 6.45) is 1.36. The molecule has 2 atom stereocenters. The Kier molecular flexibility index (Phi) is 19.5. The van der Waals surface area contributed by atoms with Crippen molar-refractivity contribution in [3.05, 3.63) is 129 Å². The van der Waals surface area contributed by atoms with Gasteiger partial charge in [-0.1, -0.05) is 47.5 Å². The van der Waals surface area contributed by atoms with Crippen molar-refractivity contribution in [3.8, 4) is 11.5 Å². The minimum Gasteiger partial charge on any atom is -0.492 e. The first-order chi connectivity index (χ1) is 32.6. The topological polar surface area (TPSA) is 218 Å². The summed E-state index contributed by atoms with van der Waals surface area (Å²) in [4.78, 5) is 79.2. The van der Waals surface area contributed by atoms with Crippen LogP contribution in [0.3, 0.4) is 0 Å². The molecule has 0 fully saturated rings. The molecule has 5 aromatic carbocycles.